The highest BCUT2D eigenvalue weighted by atomic mass is 16.2. The Morgan fingerprint density at radius 1 is 1.67 bits per heavy atom. The van der Waals surface area contributed by atoms with Gasteiger partial charge in [-0.2, -0.15) is 0 Å². The molecule has 5 heteroatoms. The summed E-state index contributed by atoms with van der Waals surface area (Å²) in [6, 6.07) is -0.0791. The minimum atomic E-state index is -0.274. The van der Waals surface area contributed by atoms with Crippen LogP contribution in [0.3, 0.4) is 0 Å². The summed E-state index contributed by atoms with van der Waals surface area (Å²) in [6.07, 6.45) is 4.14. The predicted octanol–water partition coefficient (Wildman–Crippen LogP) is 0.941. The minimum absolute atomic E-state index is 0.0123. The van der Waals surface area contributed by atoms with Crippen LogP contribution in [0.15, 0.2) is 12.5 Å². The monoisotopic (exact) mass is 210 g/mol. The van der Waals surface area contributed by atoms with E-state index in [2.05, 4.69) is 10.3 Å². The maximum Gasteiger partial charge on any atom is 0.243 e. The van der Waals surface area contributed by atoms with Crippen molar-refractivity contribution in [3.8, 4) is 0 Å². The van der Waals surface area contributed by atoms with Crippen molar-refractivity contribution in [3.63, 3.8) is 0 Å². The van der Waals surface area contributed by atoms with Crippen LogP contribution in [0.25, 0.3) is 0 Å². The van der Waals surface area contributed by atoms with E-state index in [0.717, 1.165) is 6.42 Å². The van der Waals surface area contributed by atoms with E-state index in [1.807, 2.05) is 20.8 Å². The number of carbonyl (C=O) groups is 1. The Morgan fingerprint density at radius 3 is 2.80 bits per heavy atom. The second-order valence-electron chi connectivity index (χ2n) is 3.74. The second-order valence-corrected chi connectivity index (χ2v) is 3.74. The van der Waals surface area contributed by atoms with Gasteiger partial charge in [-0.1, -0.05) is 6.92 Å². The Bertz CT molecular complexity index is 334. The number of nitrogens with two attached hydrogens (primary N) is 1. The lowest BCUT2D eigenvalue weighted by Crippen LogP contribution is -2.36. The summed E-state index contributed by atoms with van der Waals surface area (Å²) >= 11 is 0. The van der Waals surface area contributed by atoms with Crippen molar-refractivity contribution in [2.24, 2.45) is 0 Å². The molecule has 1 aromatic rings. The number of nitrogens with one attached hydrogen (secondary N) is 1. The Balaban J connectivity index is 2.60. The van der Waals surface area contributed by atoms with Gasteiger partial charge in [-0.25, -0.2) is 4.98 Å². The molecular formula is C10H18N4O. The van der Waals surface area contributed by atoms with Crippen molar-refractivity contribution >= 4 is 11.7 Å². The molecule has 0 spiro atoms. The quantitative estimate of drug-likeness (QED) is 0.776. The van der Waals surface area contributed by atoms with Gasteiger partial charge in [-0.05, 0) is 20.3 Å². The predicted molar refractivity (Wildman–Crippen MR) is 59.2 cm³/mol. The normalized spacial score (nSPS) is 14.6. The molecule has 0 aromatic carbocycles. The number of nitrogens with zero attached hydrogens (tertiary/aromatic N) is 2. The third kappa shape index (κ3) is 2.97. The Kier molecular flexibility index (Phi) is 3.71. The molecule has 2 atom stereocenters. The van der Waals surface area contributed by atoms with Gasteiger partial charge in [0.2, 0.25) is 5.91 Å². The third-order valence-electron chi connectivity index (χ3n) is 2.45. The minimum Gasteiger partial charge on any atom is -0.382 e. The number of hydrogen-bond acceptors (Lipinski definition) is 3. The topological polar surface area (TPSA) is 72.9 Å². The fourth-order valence-corrected chi connectivity index (χ4v) is 1.17. The number of anilines is 1. The number of imidazole rings is 1. The first kappa shape index (κ1) is 11.6. The lowest BCUT2D eigenvalue weighted by atomic mass is 10.2. The van der Waals surface area contributed by atoms with Crippen LogP contribution in [0.1, 0.15) is 33.2 Å². The molecule has 0 radical (unpaired) electrons. The lowest BCUT2D eigenvalue weighted by Gasteiger charge is -2.16. The molecule has 3 N–H and O–H groups in total. The largest absolute Gasteiger partial charge is 0.382 e. The Labute approximate surface area is 89.7 Å². The summed E-state index contributed by atoms with van der Waals surface area (Å²) in [4.78, 5) is 15.6. The van der Waals surface area contributed by atoms with E-state index in [1.54, 1.807) is 17.1 Å². The van der Waals surface area contributed by atoms with Crippen molar-refractivity contribution in [2.75, 3.05) is 5.73 Å². The van der Waals surface area contributed by atoms with E-state index < -0.39 is 0 Å². The molecule has 2 unspecified atom stereocenters. The van der Waals surface area contributed by atoms with Crippen molar-refractivity contribution in [2.45, 2.75) is 39.3 Å². The number of carbonyl (C=O) groups excluding carboxylic acids is 1. The van der Waals surface area contributed by atoms with Crippen LogP contribution >= 0.6 is 0 Å². The molecule has 1 rings (SSSR count). The Hall–Kier alpha value is -1.52. The first-order valence-electron chi connectivity index (χ1n) is 5.14. The van der Waals surface area contributed by atoms with Gasteiger partial charge in [0.15, 0.2) is 0 Å². The first-order chi connectivity index (χ1) is 7.04. The number of aromatic nitrogens is 2. The summed E-state index contributed by atoms with van der Waals surface area (Å²) in [5.41, 5.74) is 5.48. The second kappa shape index (κ2) is 4.82. The van der Waals surface area contributed by atoms with E-state index in [4.69, 9.17) is 5.73 Å². The number of hydrogen-bond donors (Lipinski definition) is 2. The molecule has 5 nitrogen and oxygen atoms in total. The molecule has 0 aliphatic rings. The zero-order valence-electron chi connectivity index (χ0n) is 9.40. The maximum absolute atomic E-state index is 11.7. The van der Waals surface area contributed by atoms with E-state index in [1.165, 1.54) is 0 Å². The van der Waals surface area contributed by atoms with Crippen LogP contribution in [0.4, 0.5) is 5.82 Å². The molecule has 1 heterocycles. The van der Waals surface area contributed by atoms with Gasteiger partial charge in [0, 0.05) is 12.2 Å². The van der Waals surface area contributed by atoms with Crippen LogP contribution < -0.4 is 11.1 Å². The zero-order chi connectivity index (χ0) is 11.4. The summed E-state index contributed by atoms with van der Waals surface area (Å²) in [5.74, 6) is 0.417. The average Bonchev–Trinajstić information content (AvgIpc) is 2.63. The summed E-state index contributed by atoms with van der Waals surface area (Å²) in [5, 5.41) is 2.91. The highest BCUT2D eigenvalue weighted by molar-refractivity contribution is 5.80. The molecular weight excluding hydrogens is 192 g/mol. The van der Waals surface area contributed by atoms with Crippen LogP contribution in [-0.4, -0.2) is 21.5 Å². The zero-order valence-corrected chi connectivity index (χ0v) is 9.40. The van der Waals surface area contributed by atoms with Crippen molar-refractivity contribution in [3.05, 3.63) is 12.5 Å². The standard InChI is InChI=1S/C10H18N4O/c1-4-7(2)13-10(15)8(3)14-5-9(11)12-6-14/h5-8H,4,11H2,1-3H3,(H,13,15). The van der Waals surface area contributed by atoms with E-state index >= 15 is 0 Å². The molecule has 1 aromatic heterocycles. The van der Waals surface area contributed by atoms with E-state index in [0.29, 0.717) is 5.82 Å². The van der Waals surface area contributed by atoms with Crippen molar-refractivity contribution in [1.82, 2.24) is 14.9 Å². The van der Waals surface area contributed by atoms with Gasteiger partial charge in [-0.15, -0.1) is 0 Å². The smallest absolute Gasteiger partial charge is 0.243 e. The van der Waals surface area contributed by atoms with Gasteiger partial charge in [0.1, 0.15) is 11.9 Å². The average molecular weight is 210 g/mol. The summed E-state index contributed by atoms with van der Waals surface area (Å²) in [6.45, 7) is 5.83. The fourth-order valence-electron chi connectivity index (χ4n) is 1.17. The van der Waals surface area contributed by atoms with Gasteiger partial charge in [0.05, 0.1) is 6.33 Å². The molecule has 0 aliphatic carbocycles. The molecule has 84 valence electrons. The molecule has 0 saturated carbocycles. The summed E-state index contributed by atoms with van der Waals surface area (Å²) in [7, 11) is 0. The lowest BCUT2D eigenvalue weighted by molar-refractivity contribution is -0.124. The first-order valence-corrected chi connectivity index (χ1v) is 5.14. The number of amides is 1. The van der Waals surface area contributed by atoms with E-state index in [-0.39, 0.29) is 18.0 Å². The van der Waals surface area contributed by atoms with Gasteiger partial charge < -0.3 is 15.6 Å². The van der Waals surface area contributed by atoms with Gasteiger partial charge >= 0.3 is 0 Å². The maximum atomic E-state index is 11.7. The summed E-state index contributed by atoms with van der Waals surface area (Å²) < 4.78 is 1.70. The number of rotatable bonds is 4. The fraction of sp³-hybridized carbons (Fsp3) is 0.600. The molecule has 1 amide bonds. The highest BCUT2D eigenvalue weighted by Gasteiger charge is 2.15. The van der Waals surface area contributed by atoms with Crippen molar-refractivity contribution in [1.29, 1.82) is 0 Å². The van der Waals surface area contributed by atoms with Crippen molar-refractivity contribution < 1.29 is 4.79 Å². The van der Waals surface area contributed by atoms with Gasteiger partial charge in [0.25, 0.3) is 0 Å². The van der Waals surface area contributed by atoms with Crippen LogP contribution in [0.5, 0.6) is 0 Å². The van der Waals surface area contributed by atoms with Crippen LogP contribution in [0, 0.1) is 0 Å². The molecule has 15 heavy (non-hydrogen) atoms. The molecule has 0 fully saturated rings. The van der Waals surface area contributed by atoms with Crippen LogP contribution in [-0.2, 0) is 4.79 Å². The van der Waals surface area contributed by atoms with E-state index in [9.17, 15) is 4.79 Å². The highest BCUT2D eigenvalue weighted by Crippen LogP contribution is 2.08. The van der Waals surface area contributed by atoms with Crippen LogP contribution in [0.2, 0.25) is 0 Å². The Morgan fingerprint density at radius 2 is 2.33 bits per heavy atom. The number of nitrogen functional groups attached to an aromatic ring is 1. The third-order valence-corrected chi connectivity index (χ3v) is 2.45. The van der Waals surface area contributed by atoms with Gasteiger partial charge in [-0.3, -0.25) is 4.79 Å². The SMILES string of the molecule is CCC(C)NC(=O)C(C)n1cnc(N)c1. The molecule has 0 aliphatic heterocycles. The molecule has 0 saturated heterocycles. The molecule has 0 bridgehead atoms.